The largest absolute Gasteiger partial charge is 0.444 e. The highest BCUT2D eigenvalue weighted by atomic mass is 16.6. The van der Waals surface area contributed by atoms with Gasteiger partial charge >= 0.3 is 6.09 Å². The van der Waals surface area contributed by atoms with E-state index in [1.807, 2.05) is 60.7 Å². The number of hydrogen-bond donors (Lipinski definition) is 1. The van der Waals surface area contributed by atoms with Crippen LogP contribution in [0.1, 0.15) is 42.6 Å². The molecule has 1 N–H and O–H groups in total. The molecule has 5 rings (SSSR count). The van der Waals surface area contributed by atoms with Crippen LogP contribution in [0, 0.1) is 0 Å². The summed E-state index contributed by atoms with van der Waals surface area (Å²) in [6.07, 6.45) is 2.22. The molecule has 198 valence electrons. The monoisotopic (exact) mass is 522 g/mol. The van der Waals surface area contributed by atoms with Crippen LogP contribution in [0.3, 0.4) is 0 Å². The Kier molecular flexibility index (Phi) is 6.56. The zero-order valence-corrected chi connectivity index (χ0v) is 22.3. The number of nitrogens with zero attached hydrogens (tertiary/aromatic N) is 3. The van der Waals surface area contributed by atoms with Gasteiger partial charge in [0.1, 0.15) is 11.5 Å². The van der Waals surface area contributed by atoms with Gasteiger partial charge in [-0.3, -0.25) is 9.59 Å². The lowest BCUT2D eigenvalue weighted by molar-refractivity contribution is -0.124. The predicted octanol–water partition coefficient (Wildman–Crippen LogP) is 5.37. The molecule has 2 amide bonds. The Bertz CT molecular complexity index is 1510. The average molecular weight is 523 g/mol. The molecular formula is C31H30N4O4. The maximum absolute atomic E-state index is 14.2. The summed E-state index contributed by atoms with van der Waals surface area (Å²) in [5, 5.41) is 7.03. The lowest BCUT2D eigenvalue weighted by Crippen LogP contribution is -2.59. The number of hydrogen-bond acceptors (Lipinski definition) is 5. The molecule has 39 heavy (non-hydrogen) atoms. The molecule has 0 radical (unpaired) electrons. The molecule has 2 atom stereocenters. The SMILES string of the molecule is CN1C(=O)[C@@](NC(=O)OC(C)(C)C)([C@@H](C(=O)n2cccn2)c2ccc(-c3ccccc3)cc2)c2ccccc21. The van der Waals surface area contributed by atoms with Crippen molar-refractivity contribution in [3.8, 4) is 11.1 Å². The molecule has 8 nitrogen and oxygen atoms in total. The second kappa shape index (κ2) is 9.87. The Morgan fingerprint density at radius 1 is 0.897 bits per heavy atom. The van der Waals surface area contributed by atoms with Crippen LogP contribution in [0.5, 0.6) is 0 Å². The van der Waals surface area contributed by atoms with Gasteiger partial charge in [0.2, 0.25) is 0 Å². The Morgan fingerprint density at radius 3 is 2.18 bits per heavy atom. The van der Waals surface area contributed by atoms with Crippen molar-refractivity contribution >= 4 is 23.6 Å². The van der Waals surface area contributed by atoms with Crippen molar-refractivity contribution in [2.24, 2.45) is 0 Å². The highest BCUT2D eigenvalue weighted by Crippen LogP contribution is 2.48. The molecule has 0 saturated carbocycles. The van der Waals surface area contributed by atoms with E-state index in [0.717, 1.165) is 11.1 Å². The molecule has 8 heteroatoms. The topological polar surface area (TPSA) is 93.5 Å². The molecule has 0 fully saturated rings. The molecule has 1 aliphatic heterocycles. The fourth-order valence-electron chi connectivity index (χ4n) is 5.13. The van der Waals surface area contributed by atoms with Crippen LogP contribution < -0.4 is 10.2 Å². The fourth-order valence-corrected chi connectivity index (χ4v) is 5.13. The Labute approximate surface area is 227 Å². The lowest BCUT2D eigenvalue weighted by atomic mass is 9.74. The molecular weight excluding hydrogens is 492 g/mol. The molecule has 0 bridgehead atoms. The number of rotatable bonds is 5. The molecule has 1 aromatic heterocycles. The first-order chi connectivity index (χ1) is 18.6. The molecule has 0 unspecified atom stereocenters. The number of alkyl carbamates (subject to hydrolysis) is 1. The van der Waals surface area contributed by atoms with Crippen LogP contribution in [-0.2, 0) is 15.1 Å². The summed E-state index contributed by atoms with van der Waals surface area (Å²) in [4.78, 5) is 43.3. The van der Waals surface area contributed by atoms with Crippen molar-refractivity contribution in [1.29, 1.82) is 0 Å². The minimum Gasteiger partial charge on any atom is -0.444 e. The van der Waals surface area contributed by atoms with E-state index in [0.29, 0.717) is 16.8 Å². The third-order valence-corrected chi connectivity index (χ3v) is 6.79. The van der Waals surface area contributed by atoms with Gasteiger partial charge in [0, 0.05) is 30.7 Å². The molecule has 4 aromatic rings. The van der Waals surface area contributed by atoms with Gasteiger partial charge in [-0.1, -0.05) is 72.8 Å². The van der Waals surface area contributed by atoms with Gasteiger partial charge in [0.25, 0.3) is 11.8 Å². The highest BCUT2D eigenvalue weighted by Gasteiger charge is 2.59. The summed E-state index contributed by atoms with van der Waals surface area (Å²) in [7, 11) is 1.63. The van der Waals surface area contributed by atoms with Gasteiger partial charge in [-0.15, -0.1) is 0 Å². The van der Waals surface area contributed by atoms with Crippen LogP contribution >= 0.6 is 0 Å². The van der Waals surface area contributed by atoms with Crippen molar-refractivity contribution in [3.63, 3.8) is 0 Å². The smallest absolute Gasteiger partial charge is 0.408 e. The second-order valence-electron chi connectivity index (χ2n) is 10.5. The average Bonchev–Trinajstić information content (AvgIpc) is 3.52. The van der Waals surface area contributed by atoms with E-state index < -0.39 is 35.0 Å². The Balaban J connectivity index is 1.72. The number of fused-ring (bicyclic) bond motifs is 1. The van der Waals surface area contributed by atoms with E-state index in [1.54, 1.807) is 52.1 Å². The second-order valence-corrected chi connectivity index (χ2v) is 10.5. The molecule has 1 aliphatic rings. The van der Waals surface area contributed by atoms with Gasteiger partial charge in [-0.25, -0.2) is 9.48 Å². The zero-order chi connectivity index (χ0) is 27.8. The van der Waals surface area contributed by atoms with Crippen LogP contribution in [0.15, 0.2) is 97.3 Å². The van der Waals surface area contributed by atoms with E-state index in [9.17, 15) is 14.4 Å². The normalized spacial score (nSPS) is 17.4. The minimum atomic E-state index is -1.79. The number of carbonyl (C=O) groups is 3. The van der Waals surface area contributed by atoms with Crippen molar-refractivity contribution in [1.82, 2.24) is 15.1 Å². The quantitative estimate of drug-likeness (QED) is 0.380. The summed E-state index contributed by atoms with van der Waals surface area (Å²) in [5.74, 6) is -2.08. The molecule has 0 spiro atoms. The van der Waals surface area contributed by atoms with Crippen LogP contribution in [0.2, 0.25) is 0 Å². The highest BCUT2D eigenvalue weighted by molar-refractivity contribution is 6.12. The number of carbonyl (C=O) groups excluding carboxylic acids is 3. The van der Waals surface area contributed by atoms with Crippen LogP contribution in [0.4, 0.5) is 10.5 Å². The third-order valence-electron chi connectivity index (χ3n) is 6.79. The van der Waals surface area contributed by atoms with Gasteiger partial charge in [-0.05, 0) is 49.6 Å². The Hall–Kier alpha value is -4.72. The van der Waals surface area contributed by atoms with E-state index in [2.05, 4.69) is 10.4 Å². The van der Waals surface area contributed by atoms with Crippen molar-refractivity contribution in [2.75, 3.05) is 11.9 Å². The number of likely N-dealkylation sites (N-methyl/N-ethyl adjacent to an activating group) is 1. The van der Waals surface area contributed by atoms with E-state index in [4.69, 9.17) is 4.74 Å². The van der Waals surface area contributed by atoms with Gasteiger partial charge < -0.3 is 15.0 Å². The first-order valence-corrected chi connectivity index (χ1v) is 12.7. The number of ether oxygens (including phenoxy) is 1. The summed E-state index contributed by atoms with van der Waals surface area (Å²) >= 11 is 0. The molecule has 2 heterocycles. The number of aromatic nitrogens is 2. The van der Waals surface area contributed by atoms with Crippen molar-refractivity contribution < 1.29 is 19.1 Å². The van der Waals surface area contributed by atoms with Crippen LogP contribution in [0.25, 0.3) is 11.1 Å². The maximum atomic E-state index is 14.2. The summed E-state index contributed by atoms with van der Waals surface area (Å²) in [6, 6.07) is 26.1. The molecule has 0 aliphatic carbocycles. The first-order valence-electron chi connectivity index (χ1n) is 12.7. The standard InChI is InChI=1S/C31H30N4O4/c1-30(2,3)39-29(38)33-31(24-13-8-9-14-25(24)34(4)28(31)37)26(27(36)35-20-10-19-32-35)23-17-15-22(16-18-23)21-11-6-5-7-12-21/h5-20,26H,1-4H3,(H,33,38)/t26-,31+/m1/s1. The predicted molar refractivity (Wildman–Crippen MR) is 148 cm³/mol. The van der Waals surface area contributed by atoms with E-state index >= 15 is 0 Å². The number of benzene rings is 3. The summed E-state index contributed by atoms with van der Waals surface area (Å²) in [6.45, 7) is 5.22. The maximum Gasteiger partial charge on any atom is 0.408 e. The fraction of sp³-hybridized carbons (Fsp3) is 0.226. The van der Waals surface area contributed by atoms with Gasteiger partial charge in [0.15, 0.2) is 5.54 Å². The number of para-hydroxylation sites is 1. The number of amides is 2. The van der Waals surface area contributed by atoms with Crippen molar-refractivity contribution in [2.45, 2.75) is 37.8 Å². The van der Waals surface area contributed by atoms with E-state index in [1.165, 1.54) is 22.0 Å². The minimum absolute atomic E-state index is 0.452. The van der Waals surface area contributed by atoms with E-state index in [-0.39, 0.29) is 0 Å². The zero-order valence-electron chi connectivity index (χ0n) is 22.3. The van der Waals surface area contributed by atoms with Crippen LogP contribution in [-0.4, -0.2) is 40.3 Å². The first kappa shape index (κ1) is 25.9. The molecule has 3 aromatic carbocycles. The van der Waals surface area contributed by atoms with Gasteiger partial charge in [0.05, 0.1) is 0 Å². The van der Waals surface area contributed by atoms with Crippen molar-refractivity contribution in [3.05, 3.63) is 108 Å². The summed E-state index contributed by atoms with van der Waals surface area (Å²) in [5.41, 5.74) is 1.00. The number of nitrogens with one attached hydrogen (secondary N) is 1. The Morgan fingerprint density at radius 2 is 1.54 bits per heavy atom. The lowest BCUT2D eigenvalue weighted by Gasteiger charge is -2.37. The van der Waals surface area contributed by atoms with Gasteiger partial charge in [-0.2, -0.15) is 5.10 Å². The molecule has 0 saturated heterocycles. The number of anilines is 1. The third kappa shape index (κ3) is 4.69. The summed E-state index contributed by atoms with van der Waals surface area (Å²) < 4.78 is 6.80.